The lowest BCUT2D eigenvalue weighted by atomic mass is 10.2. The lowest BCUT2D eigenvalue weighted by Gasteiger charge is -1.96. The monoisotopic (exact) mass is 241 g/mol. The smallest absolute Gasteiger partial charge is 0.0598 e. The minimum atomic E-state index is 0.467. The Bertz CT molecular complexity index is 409. The van der Waals surface area contributed by atoms with Gasteiger partial charge >= 0.3 is 0 Å². The lowest BCUT2D eigenvalue weighted by Crippen LogP contribution is -1.75. The summed E-state index contributed by atoms with van der Waals surface area (Å²) in [6.45, 7) is 0.467. The summed E-state index contributed by atoms with van der Waals surface area (Å²) in [5.41, 5.74) is 9.03. The normalized spacial score (nSPS) is 10.3. The topological polar surface area (TPSA) is 48.8 Å². The Hall–Kier alpha value is -1.15. The van der Waals surface area contributed by atoms with Gasteiger partial charge in [0.1, 0.15) is 0 Å². The molecule has 5 heteroatoms. The third-order valence-electron chi connectivity index (χ3n) is 1.71. The molecule has 15 heavy (non-hydrogen) atoms. The van der Waals surface area contributed by atoms with Crippen LogP contribution in [0.4, 0.5) is 0 Å². The fraction of sp³-hybridized carbons (Fsp3) is 0.200. The standard InChI is InChI=1S/C10H9Cl2N3/c11-9-5-4-8(7-10(9)12)3-1-2-6-14-15-13/h1,3-5,7H,2,6H2/b3-1+. The minimum Gasteiger partial charge on any atom is -0.0937 e. The fourth-order valence-corrected chi connectivity index (χ4v) is 1.32. The first-order valence-electron chi connectivity index (χ1n) is 4.36. The van der Waals surface area contributed by atoms with Gasteiger partial charge in [-0.15, -0.1) is 0 Å². The van der Waals surface area contributed by atoms with Crippen LogP contribution in [0.2, 0.25) is 10.0 Å². The summed E-state index contributed by atoms with van der Waals surface area (Å²) in [4.78, 5) is 2.66. The van der Waals surface area contributed by atoms with Gasteiger partial charge in [-0.25, -0.2) is 0 Å². The molecule has 1 aromatic rings. The van der Waals surface area contributed by atoms with Crippen molar-refractivity contribution in [2.75, 3.05) is 6.54 Å². The average Bonchev–Trinajstić information content (AvgIpc) is 2.23. The molecule has 0 saturated carbocycles. The van der Waals surface area contributed by atoms with Crippen molar-refractivity contribution in [1.29, 1.82) is 0 Å². The number of rotatable bonds is 4. The van der Waals surface area contributed by atoms with Crippen LogP contribution in [0.1, 0.15) is 12.0 Å². The molecule has 0 heterocycles. The summed E-state index contributed by atoms with van der Waals surface area (Å²) >= 11 is 11.6. The molecule has 0 aliphatic carbocycles. The molecular weight excluding hydrogens is 233 g/mol. The molecule has 1 rings (SSSR count). The average molecular weight is 242 g/mol. The minimum absolute atomic E-state index is 0.467. The third-order valence-corrected chi connectivity index (χ3v) is 2.45. The first-order chi connectivity index (χ1) is 7.24. The van der Waals surface area contributed by atoms with Crippen molar-refractivity contribution < 1.29 is 0 Å². The maximum Gasteiger partial charge on any atom is 0.0598 e. The van der Waals surface area contributed by atoms with Crippen LogP contribution in [0, 0.1) is 0 Å². The molecule has 0 fully saturated rings. The Morgan fingerprint density at radius 2 is 2.13 bits per heavy atom. The summed E-state index contributed by atoms with van der Waals surface area (Å²) in [5.74, 6) is 0. The van der Waals surface area contributed by atoms with Gasteiger partial charge in [0.05, 0.1) is 10.0 Å². The predicted octanol–water partition coefficient (Wildman–Crippen LogP) is 4.71. The summed E-state index contributed by atoms with van der Waals surface area (Å²) in [6.07, 6.45) is 4.55. The Balaban J connectivity index is 2.56. The van der Waals surface area contributed by atoms with Crippen LogP contribution < -0.4 is 0 Å². The lowest BCUT2D eigenvalue weighted by molar-refractivity contribution is 0.996. The summed E-state index contributed by atoms with van der Waals surface area (Å²) in [6, 6.07) is 5.41. The highest BCUT2D eigenvalue weighted by atomic mass is 35.5. The molecule has 0 saturated heterocycles. The van der Waals surface area contributed by atoms with E-state index < -0.39 is 0 Å². The molecule has 1 aromatic carbocycles. The molecule has 0 aliphatic heterocycles. The van der Waals surface area contributed by atoms with Crippen molar-refractivity contribution >= 4 is 29.3 Å². The zero-order valence-corrected chi connectivity index (χ0v) is 9.41. The Labute approximate surface area is 97.9 Å². The summed E-state index contributed by atoms with van der Waals surface area (Å²) in [7, 11) is 0. The van der Waals surface area contributed by atoms with E-state index >= 15 is 0 Å². The summed E-state index contributed by atoms with van der Waals surface area (Å²) in [5, 5.41) is 4.50. The van der Waals surface area contributed by atoms with E-state index in [1.807, 2.05) is 18.2 Å². The van der Waals surface area contributed by atoms with Gasteiger partial charge in [-0.05, 0) is 29.6 Å². The van der Waals surface area contributed by atoms with Crippen molar-refractivity contribution in [3.8, 4) is 0 Å². The van der Waals surface area contributed by atoms with Crippen molar-refractivity contribution in [1.82, 2.24) is 0 Å². The van der Waals surface area contributed by atoms with E-state index in [-0.39, 0.29) is 0 Å². The molecule has 78 valence electrons. The second kappa shape index (κ2) is 6.36. The van der Waals surface area contributed by atoms with Gasteiger partial charge in [0, 0.05) is 11.5 Å². The Kier molecular flexibility index (Phi) is 5.05. The first kappa shape index (κ1) is 11.9. The number of nitrogens with zero attached hydrogens (tertiary/aromatic N) is 3. The highest BCUT2D eigenvalue weighted by molar-refractivity contribution is 6.42. The Morgan fingerprint density at radius 1 is 1.33 bits per heavy atom. The zero-order chi connectivity index (χ0) is 11.1. The Morgan fingerprint density at radius 3 is 2.80 bits per heavy atom. The number of benzene rings is 1. The maximum absolute atomic E-state index is 8.05. The second-order valence-corrected chi connectivity index (χ2v) is 3.63. The molecular formula is C10H9Cl2N3. The number of hydrogen-bond donors (Lipinski definition) is 0. The van der Waals surface area contributed by atoms with E-state index in [0.717, 1.165) is 5.56 Å². The number of hydrogen-bond acceptors (Lipinski definition) is 1. The van der Waals surface area contributed by atoms with Gasteiger partial charge in [0.15, 0.2) is 0 Å². The van der Waals surface area contributed by atoms with Crippen molar-refractivity contribution in [3.05, 3.63) is 50.3 Å². The molecule has 0 amide bonds. The van der Waals surface area contributed by atoms with Gasteiger partial charge in [0.25, 0.3) is 0 Å². The molecule has 0 N–H and O–H groups in total. The van der Waals surface area contributed by atoms with E-state index in [1.165, 1.54) is 0 Å². The molecule has 0 radical (unpaired) electrons. The highest BCUT2D eigenvalue weighted by Gasteiger charge is 1.95. The van der Waals surface area contributed by atoms with Crippen LogP contribution in [-0.2, 0) is 0 Å². The molecule has 3 nitrogen and oxygen atoms in total. The van der Waals surface area contributed by atoms with E-state index in [0.29, 0.717) is 23.0 Å². The quantitative estimate of drug-likeness (QED) is 0.318. The van der Waals surface area contributed by atoms with E-state index in [4.69, 9.17) is 28.7 Å². The third kappa shape index (κ3) is 4.26. The zero-order valence-electron chi connectivity index (χ0n) is 7.90. The van der Waals surface area contributed by atoms with Crippen molar-refractivity contribution in [2.24, 2.45) is 5.11 Å². The second-order valence-electron chi connectivity index (χ2n) is 2.82. The van der Waals surface area contributed by atoms with Crippen LogP contribution in [0.25, 0.3) is 16.5 Å². The number of halogens is 2. The van der Waals surface area contributed by atoms with Gasteiger partial charge in [-0.3, -0.25) is 0 Å². The van der Waals surface area contributed by atoms with Gasteiger partial charge in [0.2, 0.25) is 0 Å². The maximum atomic E-state index is 8.05. The van der Waals surface area contributed by atoms with Gasteiger partial charge < -0.3 is 0 Å². The van der Waals surface area contributed by atoms with E-state index in [1.54, 1.807) is 12.1 Å². The van der Waals surface area contributed by atoms with Crippen LogP contribution in [0.5, 0.6) is 0 Å². The first-order valence-corrected chi connectivity index (χ1v) is 5.12. The van der Waals surface area contributed by atoms with E-state index in [9.17, 15) is 0 Å². The van der Waals surface area contributed by atoms with E-state index in [2.05, 4.69) is 10.0 Å². The SMILES string of the molecule is [N-]=[N+]=NCC/C=C/c1ccc(Cl)c(Cl)c1. The molecule has 0 aliphatic rings. The van der Waals surface area contributed by atoms with Gasteiger partial charge in [-0.2, -0.15) is 0 Å². The predicted molar refractivity (Wildman–Crippen MR) is 64.1 cm³/mol. The van der Waals surface area contributed by atoms with Crippen molar-refractivity contribution in [3.63, 3.8) is 0 Å². The largest absolute Gasteiger partial charge is 0.0937 e. The van der Waals surface area contributed by atoms with Crippen molar-refractivity contribution in [2.45, 2.75) is 6.42 Å². The fourth-order valence-electron chi connectivity index (χ4n) is 1.01. The van der Waals surface area contributed by atoms with Crippen LogP contribution in [-0.4, -0.2) is 6.54 Å². The van der Waals surface area contributed by atoms with Crippen LogP contribution >= 0.6 is 23.2 Å². The van der Waals surface area contributed by atoms with Gasteiger partial charge in [-0.1, -0.05) is 46.5 Å². The molecule has 0 bridgehead atoms. The number of azide groups is 1. The van der Waals surface area contributed by atoms with Crippen LogP contribution in [0.15, 0.2) is 29.4 Å². The van der Waals surface area contributed by atoms with Crippen LogP contribution in [0.3, 0.4) is 0 Å². The molecule has 0 atom stereocenters. The molecule has 0 unspecified atom stereocenters. The molecule has 0 spiro atoms. The molecule has 0 aromatic heterocycles. The summed E-state index contributed by atoms with van der Waals surface area (Å²) < 4.78 is 0. The highest BCUT2D eigenvalue weighted by Crippen LogP contribution is 2.23.